The van der Waals surface area contributed by atoms with Crippen LogP contribution in [0.2, 0.25) is 0 Å². The molecule has 0 atom stereocenters. The van der Waals surface area contributed by atoms with Crippen molar-refractivity contribution in [2.75, 3.05) is 5.32 Å². The molecule has 2 amide bonds. The second-order valence-electron chi connectivity index (χ2n) is 8.68. The van der Waals surface area contributed by atoms with E-state index >= 15 is 0 Å². The number of primary amides is 1. The van der Waals surface area contributed by atoms with Gasteiger partial charge in [-0.1, -0.05) is 29.9 Å². The Balaban J connectivity index is 1.54. The van der Waals surface area contributed by atoms with E-state index in [1.807, 2.05) is 0 Å². The minimum atomic E-state index is -3.53. The molecule has 4 aromatic rings. The van der Waals surface area contributed by atoms with Crippen LogP contribution in [0.15, 0.2) is 53.6 Å². The van der Waals surface area contributed by atoms with Gasteiger partial charge in [-0.3, -0.25) is 14.3 Å². The summed E-state index contributed by atoms with van der Waals surface area (Å²) in [7, 11) is 0. The second-order valence-corrected chi connectivity index (χ2v) is 8.68. The number of hydrogen-bond acceptors (Lipinski definition) is 6. The number of benzene rings is 1. The van der Waals surface area contributed by atoms with Crippen molar-refractivity contribution in [3.63, 3.8) is 0 Å². The third-order valence-electron chi connectivity index (χ3n) is 6.10. The highest BCUT2D eigenvalue weighted by Crippen LogP contribution is 2.40. The molecule has 0 saturated heterocycles. The topological polar surface area (TPSA) is 129 Å². The smallest absolute Gasteiger partial charge is 0.311 e. The summed E-state index contributed by atoms with van der Waals surface area (Å²) in [5.41, 5.74) is 5.65. The van der Waals surface area contributed by atoms with Crippen LogP contribution in [0.25, 0.3) is 10.9 Å². The first-order valence-electron chi connectivity index (χ1n) is 11.2. The molecule has 0 radical (unpaired) electrons. The molecule has 1 saturated carbocycles. The van der Waals surface area contributed by atoms with Gasteiger partial charge in [-0.05, 0) is 38.0 Å². The first kappa shape index (κ1) is 23.3. The molecule has 3 aromatic heterocycles. The van der Waals surface area contributed by atoms with Gasteiger partial charge in [0.15, 0.2) is 5.69 Å². The number of aromatic nitrogens is 4. The van der Waals surface area contributed by atoms with Crippen molar-refractivity contribution in [2.24, 2.45) is 5.73 Å². The van der Waals surface area contributed by atoms with E-state index in [1.165, 1.54) is 10.7 Å². The van der Waals surface area contributed by atoms with Crippen molar-refractivity contribution < 1.29 is 22.9 Å². The fourth-order valence-corrected chi connectivity index (χ4v) is 3.97. The number of alkyl halides is 2. The molecular weight excluding hydrogens is 470 g/mol. The number of para-hydroxylation sites is 1. The molecule has 1 aliphatic rings. The predicted molar refractivity (Wildman–Crippen MR) is 127 cm³/mol. The van der Waals surface area contributed by atoms with E-state index < -0.39 is 23.4 Å². The van der Waals surface area contributed by atoms with Gasteiger partial charge < -0.3 is 15.6 Å². The summed E-state index contributed by atoms with van der Waals surface area (Å²) < 4.78 is 36.3. The average molecular weight is 492 g/mol. The van der Waals surface area contributed by atoms with Crippen molar-refractivity contribution in [2.45, 2.75) is 38.2 Å². The van der Waals surface area contributed by atoms with Crippen molar-refractivity contribution in [3.8, 4) is 0 Å². The number of hydrogen-bond donors (Lipinski definition) is 2. The summed E-state index contributed by atoms with van der Waals surface area (Å²) in [5, 5.41) is 11.1. The lowest BCUT2D eigenvalue weighted by molar-refractivity contribution is 0.0476. The number of carbonyl (C=O) groups is 2. The van der Waals surface area contributed by atoms with Crippen LogP contribution < -0.4 is 11.1 Å². The van der Waals surface area contributed by atoms with E-state index in [0.29, 0.717) is 28.6 Å². The van der Waals surface area contributed by atoms with Crippen LogP contribution >= 0.6 is 0 Å². The van der Waals surface area contributed by atoms with E-state index in [9.17, 15) is 18.4 Å². The van der Waals surface area contributed by atoms with Crippen LogP contribution in [0.4, 0.5) is 14.5 Å². The number of nitrogens with two attached hydrogens (primary N) is 1. The predicted octanol–water partition coefficient (Wildman–Crippen LogP) is 4.28. The zero-order valence-corrected chi connectivity index (χ0v) is 19.3. The van der Waals surface area contributed by atoms with Crippen molar-refractivity contribution in [1.82, 2.24) is 19.9 Å². The fourth-order valence-electron chi connectivity index (χ4n) is 3.97. The number of amides is 2. The Morgan fingerprint density at radius 2 is 2.06 bits per heavy atom. The Morgan fingerprint density at radius 1 is 1.31 bits per heavy atom. The van der Waals surface area contributed by atoms with Crippen molar-refractivity contribution >= 4 is 28.4 Å². The van der Waals surface area contributed by atoms with Crippen molar-refractivity contribution in [1.29, 1.82) is 0 Å². The third-order valence-corrected chi connectivity index (χ3v) is 6.10. The molecule has 1 aliphatic carbocycles. The average Bonchev–Trinajstić information content (AvgIpc) is 3.54. The number of rotatable bonds is 8. The zero-order chi connectivity index (χ0) is 25.6. The van der Waals surface area contributed by atoms with Crippen LogP contribution in [0.5, 0.6) is 0 Å². The molecule has 9 nitrogen and oxygen atoms in total. The molecule has 3 N–H and O–H groups in total. The highest BCUT2D eigenvalue weighted by molar-refractivity contribution is 6.14. The van der Waals surface area contributed by atoms with Gasteiger partial charge in [-0.15, -0.1) is 0 Å². The van der Waals surface area contributed by atoms with Crippen molar-refractivity contribution in [3.05, 3.63) is 83.2 Å². The Kier molecular flexibility index (Phi) is 5.62. The number of halogens is 2. The standard InChI is InChI=1S/C25H22F2N6O3/c1-3-25(26,27)22-21(13(2)33(31-22)12-15-10-20(36-32-15)14-8-9-14)30-24(35)17-11-19(23(28)34)29-18-7-5-4-6-16(17)18/h3-7,10-11,14H,1,8-9,12H2,2H3,(H2,28,34)(H,30,35). The first-order chi connectivity index (χ1) is 17.2. The number of allylic oxidation sites excluding steroid dienone is 1. The van der Waals surface area contributed by atoms with E-state index in [-0.39, 0.29) is 29.2 Å². The zero-order valence-electron chi connectivity index (χ0n) is 19.3. The summed E-state index contributed by atoms with van der Waals surface area (Å²) in [6.07, 6.45) is 2.52. The Labute approximate surface area is 204 Å². The molecule has 0 bridgehead atoms. The highest BCUT2D eigenvalue weighted by atomic mass is 19.3. The highest BCUT2D eigenvalue weighted by Gasteiger charge is 2.37. The van der Waals surface area contributed by atoms with E-state index in [1.54, 1.807) is 37.3 Å². The van der Waals surface area contributed by atoms with Crippen LogP contribution in [-0.2, 0) is 12.5 Å². The summed E-state index contributed by atoms with van der Waals surface area (Å²) in [5.74, 6) is -3.97. The Morgan fingerprint density at radius 3 is 2.75 bits per heavy atom. The molecule has 3 heterocycles. The van der Waals surface area contributed by atoms with Gasteiger partial charge >= 0.3 is 5.92 Å². The molecule has 36 heavy (non-hydrogen) atoms. The van der Waals surface area contributed by atoms with Gasteiger partial charge in [-0.25, -0.2) is 4.98 Å². The molecular formula is C25H22F2N6O3. The van der Waals surface area contributed by atoms with Gasteiger partial charge in [0.1, 0.15) is 17.1 Å². The van der Waals surface area contributed by atoms with Crippen LogP contribution in [-0.4, -0.2) is 31.7 Å². The molecule has 0 aliphatic heterocycles. The van der Waals surface area contributed by atoms with E-state index in [0.717, 1.165) is 18.6 Å². The van der Waals surface area contributed by atoms with Gasteiger partial charge in [0.2, 0.25) is 0 Å². The summed E-state index contributed by atoms with van der Waals surface area (Å²) in [6.45, 7) is 4.85. The second kappa shape index (κ2) is 8.67. The van der Waals surface area contributed by atoms with Gasteiger partial charge in [-0.2, -0.15) is 13.9 Å². The minimum Gasteiger partial charge on any atom is -0.364 e. The number of carbonyl (C=O) groups excluding carboxylic acids is 2. The monoisotopic (exact) mass is 492 g/mol. The molecule has 11 heteroatoms. The van der Waals surface area contributed by atoms with Crippen LogP contribution in [0.3, 0.4) is 0 Å². The molecule has 0 spiro atoms. The maximum Gasteiger partial charge on any atom is 0.311 e. The maximum atomic E-state index is 14.8. The third kappa shape index (κ3) is 4.23. The molecule has 0 unspecified atom stereocenters. The van der Waals surface area contributed by atoms with Gasteiger partial charge in [0.25, 0.3) is 11.8 Å². The quantitative estimate of drug-likeness (QED) is 0.353. The van der Waals surface area contributed by atoms with E-state index in [2.05, 4.69) is 27.1 Å². The number of pyridine rings is 1. The Hall–Kier alpha value is -4.41. The minimum absolute atomic E-state index is 0.0556. The summed E-state index contributed by atoms with van der Waals surface area (Å²) >= 11 is 0. The Bertz CT molecular complexity index is 1520. The SMILES string of the molecule is C=CC(F)(F)c1nn(Cc2cc(C3CC3)on2)c(C)c1NC(=O)c1cc(C(N)=O)nc2ccccc12. The number of nitrogens with one attached hydrogen (secondary N) is 1. The van der Waals surface area contributed by atoms with Crippen LogP contribution in [0.1, 0.15) is 62.4 Å². The molecule has 1 aromatic carbocycles. The number of anilines is 1. The molecule has 5 rings (SSSR count). The van der Waals surface area contributed by atoms with Crippen LogP contribution in [0, 0.1) is 6.92 Å². The lowest BCUT2D eigenvalue weighted by Crippen LogP contribution is -2.20. The largest absolute Gasteiger partial charge is 0.364 e. The van der Waals surface area contributed by atoms with Gasteiger partial charge in [0.05, 0.1) is 29.0 Å². The lowest BCUT2D eigenvalue weighted by atomic mass is 10.1. The van der Waals surface area contributed by atoms with Gasteiger partial charge in [0, 0.05) is 17.4 Å². The molecule has 1 fully saturated rings. The maximum absolute atomic E-state index is 14.8. The molecule has 184 valence electrons. The normalized spacial score (nSPS) is 13.6. The number of nitrogens with zero attached hydrogens (tertiary/aromatic N) is 4. The van der Waals surface area contributed by atoms with E-state index in [4.69, 9.17) is 10.3 Å². The summed E-state index contributed by atoms with van der Waals surface area (Å²) in [6, 6.07) is 9.67. The summed E-state index contributed by atoms with van der Waals surface area (Å²) in [4.78, 5) is 29.3. The fraction of sp³-hybridized carbons (Fsp3) is 0.240. The first-order valence-corrected chi connectivity index (χ1v) is 11.2. The lowest BCUT2D eigenvalue weighted by Gasteiger charge is -2.13. The number of fused-ring (bicyclic) bond motifs is 1.